The number of benzene rings is 1. The van der Waals surface area contributed by atoms with Gasteiger partial charge in [-0.2, -0.15) is 0 Å². The van der Waals surface area contributed by atoms with Crippen LogP contribution in [0.4, 0.5) is 0 Å². The molecule has 0 unspecified atom stereocenters. The van der Waals surface area contributed by atoms with E-state index in [1.807, 2.05) is 13.8 Å². The lowest BCUT2D eigenvalue weighted by atomic mass is 9.75. The molecule has 1 aromatic rings. The van der Waals surface area contributed by atoms with Gasteiger partial charge in [0.25, 0.3) is 0 Å². The highest BCUT2D eigenvalue weighted by Gasteiger charge is 2.29. The van der Waals surface area contributed by atoms with E-state index < -0.39 is 0 Å². The molecule has 0 aromatic heterocycles. The maximum atomic E-state index is 11.2. The zero-order valence-electron chi connectivity index (χ0n) is 16.9. The summed E-state index contributed by atoms with van der Waals surface area (Å²) in [6.45, 7) is 12.1. The quantitative estimate of drug-likeness (QED) is 0.403. The molecule has 142 valence electrons. The minimum absolute atomic E-state index is 0.173. The topological polar surface area (TPSA) is 57.5 Å². The van der Waals surface area contributed by atoms with Crippen molar-refractivity contribution >= 4 is 5.78 Å². The van der Waals surface area contributed by atoms with E-state index in [-0.39, 0.29) is 28.1 Å². The van der Waals surface area contributed by atoms with Gasteiger partial charge in [-0.05, 0) is 49.1 Å². The fourth-order valence-electron chi connectivity index (χ4n) is 3.53. The third-order valence-electron chi connectivity index (χ3n) is 5.31. The predicted molar refractivity (Wildman–Crippen MR) is 104 cm³/mol. The Balaban J connectivity index is 3.03. The highest BCUT2D eigenvalue weighted by atomic mass is 16.3. The van der Waals surface area contributed by atoms with Crippen LogP contribution in [0.1, 0.15) is 97.6 Å². The molecule has 0 saturated heterocycles. The number of rotatable bonds is 10. The second kappa shape index (κ2) is 8.73. The van der Waals surface area contributed by atoms with Crippen molar-refractivity contribution in [2.75, 3.05) is 0 Å². The number of aromatic hydroxyl groups is 2. The first kappa shape index (κ1) is 21.5. The van der Waals surface area contributed by atoms with Crippen molar-refractivity contribution in [2.24, 2.45) is 0 Å². The minimum atomic E-state index is -0.290. The molecule has 0 radical (unpaired) electrons. The van der Waals surface area contributed by atoms with Crippen molar-refractivity contribution in [1.29, 1.82) is 0 Å². The van der Waals surface area contributed by atoms with E-state index in [4.69, 9.17) is 0 Å². The summed E-state index contributed by atoms with van der Waals surface area (Å²) in [5.74, 6) is 0.685. The standard InChI is InChI=1S/C22H36O3/c1-7-8-9-12-21(3,4)17-14-20(25)18(15-19(17)24)22(5,6)13-10-11-16(2)23/h14-15,24-25H,7-13H2,1-6H3. The molecular weight excluding hydrogens is 312 g/mol. The molecule has 0 aliphatic carbocycles. The van der Waals surface area contributed by atoms with Gasteiger partial charge in [-0.3, -0.25) is 0 Å². The first-order valence-corrected chi connectivity index (χ1v) is 9.57. The third-order valence-corrected chi connectivity index (χ3v) is 5.31. The van der Waals surface area contributed by atoms with Crippen molar-refractivity contribution in [3.05, 3.63) is 23.3 Å². The third kappa shape index (κ3) is 6.05. The van der Waals surface area contributed by atoms with Crippen LogP contribution in [0.3, 0.4) is 0 Å². The summed E-state index contributed by atoms with van der Waals surface area (Å²) in [4.78, 5) is 11.2. The number of ketones is 1. The number of Topliss-reactive ketones (excluding diaryl/α,β-unsaturated/α-hetero) is 1. The molecule has 3 nitrogen and oxygen atoms in total. The van der Waals surface area contributed by atoms with Gasteiger partial charge < -0.3 is 15.0 Å². The van der Waals surface area contributed by atoms with Crippen LogP contribution in [0, 0.1) is 0 Å². The average Bonchev–Trinajstić information content (AvgIpc) is 2.48. The Kier molecular flexibility index (Phi) is 7.52. The second-order valence-corrected chi connectivity index (χ2v) is 8.67. The van der Waals surface area contributed by atoms with Crippen LogP contribution in [-0.4, -0.2) is 16.0 Å². The van der Waals surface area contributed by atoms with Gasteiger partial charge in [0.2, 0.25) is 0 Å². The fourth-order valence-corrected chi connectivity index (χ4v) is 3.53. The monoisotopic (exact) mass is 348 g/mol. The molecular formula is C22H36O3. The summed E-state index contributed by atoms with van der Waals surface area (Å²) >= 11 is 0. The van der Waals surface area contributed by atoms with Crippen LogP contribution >= 0.6 is 0 Å². The summed E-state index contributed by atoms with van der Waals surface area (Å²) in [5.41, 5.74) is 1.10. The van der Waals surface area contributed by atoms with Crippen LogP contribution < -0.4 is 0 Å². The molecule has 0 spiro atoms. The van der Waals surface area contributed by atoms with E-state index >= 15 is 0 Å². The Bertz CT molecular complexity index is 585. The molecule has 0 fully saturated rings. The zero-order chi connectivity index (χ0) is 19.3. The summed E-state index contributed by atoms with van der Waals surface area (Å²) in [5, 5.41) is 21.2. The minimum Gasteiger partial charge on any atom is -0.508 e. The second-order valence-electron chi connectivity index (χ2n) is 8.67. The van der Waals surface area contributed by atoms with Crippen LogP contribution in [0.15, 0.2) is 12.1 Å². The zero-order valence-corrected chi connectivity index (χ0v) is 16.9. The smallest absolute Gasteiger partial charge is 0.129 e. The molecule has 0 heterocycles. The lowest BCUT2D eigenvalue weighted by Gasteiger charge is -2.30. The first-order valence-electron chi connectivity index (χ1n) is 9.57. The van der Waals surface area contributed by atoms with E-state index in [9.17, 15) is 15.0 Å². The number of carbonyl (C=O) groups is 1. The van der Waals surface area contributed by atoms with Crippen molar-refractivity contribution in [3.8, 4) is 11.5 Å². The first-order chi connectivity index (χ1) is 11.5. The molecule has 1 aromatic carbocycles. The Morgan fingerprint density at radius 2 is 1.32 bits per heavy atom. The lowest BCUT2D eigenvalue weighted by molar-refractivity contribution is -0.117. The van der Waals surface area contributed by atoms with Gasteiger partial charge in [-0.15, -0.1) is 0 Å². The molecule has 0 atom stereocenters. The van der Waals surface area contributed by atoms with Crippen molar-refractivity contribution in [1.82, 2.24) is 0 Å². The van der Waals surface area contributed by atoms with E-state index in [1.165, 1.54) is 12.8 Å². The van der Waals surface area contributed by atoms with Gasteiger partial charge in [0.1, 0.15) is 17.3 Å². The van der Waals surface area contributed by atoms with Crippen molar-refractivity contribution < 1.29 is 15.0 Å². The highest BCUT2D eigenvalue weighted by molar-refractivity contribution is 5.75. The highest BCUT2D eigenvalue weighted by Crippen LogP contribution is 2.43. The Labute approximate surface area is 153 Å². The van der Waals surface area contributed by atoms with E-state index in [0.29, 0.717) is 6.42 Å². The van der Waals surface area contributed by atoms with Crippen LogP contribution in [0.2, 0.25) is 0 Å². The number of hydrogen-bond donors (Lipinski definition) is 2. The molecule has 0 aliphatic rings. The van der Waals surface area contributed by atoms with Gasteiger partial charge >= 0.3 is 0 Å². The number of phenolic OH excluding ortho intramolecular Hbond substituents is 2. The fraction of sp³-hybridized carbons (Fsp3) is 0.682. The molecule has 0 amide bonds. The predicted octanol–water partition coefficient (Wildman–Crippen LogP) is 5.99. The lowest BCUT2D eigenvalue weighted by Crippen LogP contribution is -2.20. The molecule has 25 heavy (non-hydrogen) atoms. The SMILES string of the molecule is CCCCCC(C)(C)c1cc(O)c(C(C)(C)CCCC(C)=O)cc1O. The van der Waals surface area contributed by atoms with Crippen molar-refractivity contribution in [2.45, 2.75) is 97.3 Å². The number of unbranched alkanes of at least 4 members (excludes halogenated alkanes) is 2. The van der Waals surface area contributed by atoms with Crippen LogP contribution in [-0.2, 0) is 15.6 Å². The average molecular weight is 349 g/mol. The van der Waals surface area contributed by atoms with E-state index in [1.54, 1.807) is 19.1 Å². The molecule has 0 bridgehead atoms. The van der Waals surface area contributed by atoms with E-state index in [2.05, 4.69) is 20.8 Å². The summed E-state index contributed by atoms with van der Waals surface area (Å²) < 4.78 is 0. The van der Waals surface area contributed by atoms with Gasteiger partial charge in [0.05, 0.1) is 0 Å². The molecule has 1 rings (SSSR count). The maximum absolute atomic E-state index is 11.2. The van der Waals surface area contributed by atoms with Crippen LogP contribution in [0.25, 0.3) is 0 Å². The van der Waals surface area contributed by atoms with Gasteiger partial charge in [0.15, 0.2) is 0 Å². The summed E-state index contributed by atoms with van der Waals surface area (Å²) in [6, 6.07) is 3.46. The van der Waals surface area contributed by atoms with Gasteiger partial charge in [0, 0.05) is 17.5 Å². The molecule has 0 saturated carbocycles. The summed E-state index contributed by atoms with van der Waals surface area (Å²) in [6.07, 6.45) is 6.57. The molecule has 0 aliphatic heterocycles. The van der Waals surface area contributed by atoms with E-state index in [0.717, 1.165) is 36.8 Å². The molecule has 3 heteroatoms. The molecule has 2 N–H and O–H groups in total. The number of phenols is 2. The normalized spacial score (nSPS) is 12.4. The number of carbonyl (C=O) groups excluding carboxylic acids is 1. The number of hydrogen-bond acceptors (Lipinski definition) is 3. The van der Waals surface area contributed by atoms with Gasteiger partial charge in [-0.25, -0.2) is 0 Å². The van der Waals surface area contributed by atoms with Gasteiger partial charge in [-0.1, -0.05) is 53.9 Å². The largest absolute Gasteiger partial charge is 0.508 e. The summed E-state index contributed by atoms with van der Waals surface area (Å²) in [7, 11) is 0. The Morgan fingerprint density at radius 3 is 1.72 bits per heavy atom. The Morgan fingerprint density at radius 1 is 0.880 bits per heavy atom. The maximum Gasteiger partial charge on any atom is 0.129 e. The Hall–Kier alpha value is -1.51. The van der Waals surface area contributed by atoms with Crippen molar-refractivity contribution in [3.63, 3.8) is 0 Å². The van der Waals surface area contributed by atoms with Crippen LogP contribution in [0.5, 0.6) is 11.5 Å².